The summed E-state index contributed by atoms with van der Waals surface area (Å²) in [7, 11) is 0. The molecule has 0 saturated heterocycles. The molecule has 0 unspecified atom stereocenters. The van der Waals surface area contributed by atoms with Gasteiger partial charge in [-0.15, -0.1) is 0 Å². The van der Waals surface area contributed by atoms with Gasteiger partial charge in [-0.3, -0.25) is 4.79 Å². The zero-order chi connectivity index (χ0) is 21.8. The molecule has 1 heterocycles. The van der Waals surface area contributed by atoms with Crippen molar-refractivity contribution < 1.29 is 4.74 Å². The van der Waals surface area contributed by atoms with Crippen molar-refractivity contribution in [1.82, 2.24) is 9.66 Å². The van der Waals surface area contributed by atoms with Crippen LogP contribution in [0.2, 0.25) is 0 Å². The van der Waals surface area contributed by atoms with E-state index in [-0.39, 0.29) is 17.6 Å². The molecule has 3 rings (SSSR count). The second-order valence-corrected chi connectivity index (χ2v) is 9.41. The zero-order valence-corrected chi connectivity index (χ0v) is 21.3. The van der Waals surface area contributed by atoms with Gasteiger partial charge < -0.3 is 4.74 Å². The van der Waals surface area contributed by atoms with Gasteiger partial charge in [-0.05, 0) is 84.3 Å². The fourth-order valence-electron chi connectivity index (χ4n) is 2.90. The molecule has 7 heteroatoms. The van der Waals surface area contributed by atoms with Gasteiger partial charge in [0.1, 0.15) is 11.6 Å². The first kappa shape index (κ1) is 22.9. The minimum atomic E-state index is -0.167. The van der Waals surface area contributed by atoms with Gasteiger partial charge in [-0.2, -0.15) is 9.78 Å². The van der Waals surface area contributed by atoms with Crippen molar-refractivity contribution in [3.63, 3.8) is 0 Å². The number of ether oxygens (including phenoxy) is 1. The lowest BCUT2D eigenvalue weighted by molar-refractivity contribution is 0.216. The van der Waals surface area contributed by atoms with Gasteiger partial charge in [0, 0.05) is 10.4 Å². The Balaban J connectivity index is 2.04. The molecule has 5 nitrogen and oxygen atoms in total. The van der Waals surface area contributed by atoms with Crippen molar-refractivity contribution in [3.8, 4) is 5.75 Å². The SMILES string of the molecule is CC[C@H](C)Oc1ccc(C=Nn2c([C@@H](C)CC)nc3ccc(Br)cc3c2=O)cc1I. The van der Waals surface area contributed by atoms with Gasteiger partial charge >= 0.3 is 0 Å². The van der Waals surface area contributed by atoms with Crippen molar-refractivity contribution in [1.29, 1.82) is 0 Å². The predicted molar refractivity (Wildman–Crippen MR) is 135 cm³/mol. The molecule has 3 aromatic rings. The molecule has 2 atom stereocenters. The summed E-state index contributed by atoms with van der Waals surface area (Å²) in [6.07, 6.45) is 3.68. The number of fused-ring (bicyclic) bond motifs is 1. The monoisotopic (exact) mass is 581 g/mol. The Bertz CT molecular complexity index is 1140. The van der Waals surface area contributed by atoms with E-state index in [2.05, 4.69) is 71.3 Å². The average Bonchev–Trinajstić information content (AvgIpc) is 2.74. The first-order valence-electron chi connectivity index (χ1n) is 10.1. The van der Waals surface area contributed by atoms with E-state index in [1.165, 1.54) is 4.68 Å². The maximum absolute atomic E-state index is 13.2. The Hall–Kier alpha value is -1.74. The van der Waals surface area contributed by atoms with Gasteiger partial charge in [0.25, 0.3) is 5.56 Å². The van der Waals surface area contributed by atoms with Crippen LogP contribution in [0.5, 0.6) is 5.75 Å². The predicted octanol–water partition coefficient (Wildman–Crippen LogP) is 6.34. The Morgan fingerprint density at radius 3 is 2.63 bits per heavy atom. The Morgan fingerprint density at radius 1 is 1.20 bits per heavy atom. The third-order valence-corrected chi connectivity index (χ3v) is 6.40. The van der Waals surface area contributed by atoms with Crippen molar-refractivity contribution in [2.45, 2.75) is 52.6 Å². The number of nitrogens with zero attached hydrogens (tertiary/aromatic N) is 3. The summed E-state index contributed by atoms with van der Waals surface area (Å²) in [5.74, 6) is 1.63. The second kappa shape index (κ2) is 10.0. The third-order valence-electron chi connectivity index (χ3n) is 5.07. The number of hydrogen-bond acceptors (Lipinski definition) is 4. The molecular formula is C23H25BrIN3O2. The highest BCUT2D eigenvalue weighted by atomic mass is 127. The van der Waals surface area contributed by atoms with Gasteiger partial charge in [-0.25, -0.2) is 4.98 Å². The normalized spacial score (nSPS) is 13.7. The van der Waals surface area contributed by atoms with Crippen molar-refractivity contribution in [2.24, 2.45) is 5.10 Å². The van der Waals surface area contributed by atoms with Crippen molar-refractivity contribution in [2.75, 3.05) is 0 Å². The van der Waals surface area contributed by atoms with Crippen molar-refractivity contribution in [3.05, 3.63) is 66.2 Å². The molecule has 0 aliphatic heterocycles. The summed E-state index contributed by atoms with van der Waals surface area (Å²) in [5.41, 5.74) is 1.41. The van der Waals surface area contributed by atoms with E-state index in [4.69, 9.17) is 9.72 Å². The summed E-state index contributed by atoms with van der Waals surface area (Å²) in [4.78, 5) is 17.9. The van der Waals surface area contributed by atoms with Crippen LogP contribution in [0.15, 0.2) is 50.8 Å². The number of hydrogen-bond donors (Lipinski definition) is 0. The molecule has 0 N–H and O–H groups in total. The summed E-state index contributed by atoms with van der Waals surface area (Å²) in [6.45, 7) is 8.29. The second-order valence-electron chi connectivity index (χ2n) is 7.33. The van der Waals surface area contributed by atoms with E-state index < -0.39 is 0 Å². The van der Waals surface area contributed by atoms with Crippen LogP contribution in [0.4, 0.5) is 0 Å². The number of halogens is 2. The van der Waals surface area contributed by atoms with Crippen LogP contribution < -0.4 is 10.3 Å². The maximum Gasteiger partial charge on any atom is 0.282 e. The quantitative estimate of drug-likeness (QED) is 0.242. The molecule has 0 amide bonds. The van der Waals surface area contributed by atoms with E-state index in [9.17, 15) is 4.79 Å². The molecule has 0 aliphatic rings. The maximum atomic E-state index is 13.2. The first-order valence-corrected chi connectivity index (χ1v) is 11.9. The zero-order valence-electron chi connectivity index (χ0n) is 17.5. The van der Waals surface area contributed by atoms with Crippen LogP contribution in [0.25, 0.3) is 10.9 Å². The van der Waals surface area contributed by atoms with E-state index >= 15 is 0 Å². The van der Waals surface area contributed by atoms with E-state index in [0.29, 0.717) is 16.7 Å². The smallest absolute Gasteiger partial charge is 0.282 e. The highest BCUT2D eigenvalue weighted by Gasteiger charge is 2.15. The highest BCUT2D eigenvalue weighted by Crippen LogP contribution is 2.24. The number of aromatic nitrogens is 2. The number of rotatable bonds is 7. The minimum absolute atomic E-state index is 0.106. The Morgan fingerprint density at radius 2 is 1.97 bits per heavy atom. The molecule has 158 valence electrons. The third kappa shape index (κ3) is 5.11. The van der Waals surface area contributed by atoms with Crippen LogP contribution in [0.1, 0.15) is 57.8 Å². The summed E-state index contributed by atoms with van der Waals surface area (Å²) < 4.78 is 9.21. The minimum Gasteiger partial charge on any atom is -0.490 e. The first-order chi connectivity index (χ1) is 14.3. The van der Waals surface area contributed by atoms with Gasteiger partial charge in [0.15, 0.2) is 0 Å². The molecule has 0 fully saturated rings. The van der Waals surface area contributed by atoms with E-state index in [0.717, 1.165) is 32.2 Å². The summed E-state index contributed by atoms with van der Waals surface area (Å²) in [5, 5.41) is 5.07. The lowest BCUT2D eigenvalue weighted by atomic mass is 10.1. The van der Waals surface area contributed by atoms with Crippen LogP contribution in [-0.2, 0) is 0 Å². The molecule has 0 radical (unpaired) electrons. The Labute approximate surface area is 198 Å². The fourth-order valence-corrected chi connectivity index (χ4v) is 3.92. The average molecular weight is 582 g/mol. The standard InChI is InChI=1S/C23H25BrIN3O2/c1-5-14(3)22-27-20-9-8-17(24)12-18(20)23(29)28(22)26-13-16-7-10-21(19(25)11-16)30-15(4)6-2/h7-15H,5-6H2,1-4H3/t14-,15-/m0/s1. The molecule has 0 bridgehead atoms. The van der Waals surface area contributed by atoms with Crippen LogP contribution in [-0.4, -0.2) is 22.0 Å². The van der Waals surface area contributed by atoms with Gasteiger partial charge in [0.05, 0.1) is 26.8 Å². The fraction of sp³-hybridized carbons (Fsp3) is 0.348. The largest absolute Gasteiger partial charge is 0.490 e. The Kier molecular flexibility index (Phi) is 7.68. The molecule has 0 aliphatic carbocycles. The molecule has 2 aromatic carbocycles. The molecule has 0 saturated carbocycles. The summed E-state index contributed by atoms with van der Waals surface area (Å²) in [6, 6.07) is 11.4. The lowest BCUT2D eigenvalue weighted by Crippen LogP contribution is -2.23. The van der Waals surface area contributed by atoms with Gasteiger partial charge in [-0.1, -0.05) is 36.7 Å². The number of benzene rings is 2. The lowest BCUT2D eigenvalue weighted by Gasteiger charge is -2.15. The molecule has 30 heavy (non-hydrogen) atoms. The molecular weight excluding hydrogens is 557 g/mol. The van der Waals surface area contributed by atoms with Crippen molar-refractivity contribution >= 4 is 55.6 Å². The van der Waals surface area contributed by atoms with Crippen LogP contribution in [0.3, 0.4) is 0 Å². The highest BCUT2D eigenvalue weighted by molar-refractivity contribution is 14.1. The molecule has 1 aromatic heterocycles. The van der Waals surface area contributed by atoms with E-state index in [1.807, 2.05) is 30.3 Å². The van der Waals surface area contributed by atoms with E-state index in [1.54, 1.807) is 12.3 Å². The molecule has 0 spiro atoms. The van der Waals surface area contributed by atoms with Crippen LogP contribution >= 0.6 is 38.5 Å². The topological polar surface area (TPSA) is 56.5 Å². The summed E-state index contributed by atoms with van der Waals surface area (Å²) >= 11 is 5.70. The van der Waals surface area contributed by atoms with Gasteiger partial charge in [0.2, 0.25) is 0 Å². The van der Waals surface area contributed by atoms with Crippen LogP contribution in [0, 0.1) is 3.57 Å².